The van der Waals surface area contributed by atoms with Gasteiger partial charge in [0, 0.05) is 58.0 Å². The molecule has 4 aromatic rings. The van der Waals surface area contributed by atoms with Gasteiger partial charge in [0.25, 0.3) is 0 Å². The zero-order chi connectivity index (χ0) is 26.4. The zero-order valence-electron chi connectivity index (χ0n) is 17.8. The molecule has 0 radical (unpaired) electrons. The topological polar surface area (TPSA) is 40.5 Å². The van der Waals surface area contributed by atoms with Gasteiger partial charge in [-0.2, -0.15) is 0 Å². The summed E-state index contributed by atoms with van der Waals surface area (Å²) < 4.78 is 5.46. The highest BCUT2D eigenvalue weighted by molar-refractivity contribution is 9.11. The number of aliphatic hydroxyl groups is 2. The van der Waals surface area contributed by atoms with E-state index in [2.05, 4.69) is 127 Å². The van der Waals surface area contributed by atoms with Crippen molar-refractivity contribution in [3.8, 4) is 0 Å². The summed E-state index contributed by atoms with van der Waals surface area (Å²) in [6, 6.07) is 22.0. The molecule has 0 aromatic heterocycles. The van der Waals surface area contributed by atoms with E-state index in [-0.39, 0.29) is 0 Å². The van der Waals surface area contributed by atoms with E-state index in [9.17, 15) is 10.2 Å². The van der Waals surface area contributed by atoms with Gasteiger partial charge in [-0.05, 0) is 72.8 Å². The van der Waals surface area contributed by atoms with Crippen LogP contribution in [0.5, 0.6) is 0 Å². The fraction of sp³-hybridized carbons (Fsp3) is 0.0769. The first-order chi connectivity index (χ1) is 16.9. The molecule has 0 aliphatic heterocycles. The summed E-state index contributed by atoms with van der Waals surface area (Å²) in [5.41, 5.74) is -2.22. The average molecular weight is 998 g/mol. The van der Waals surface area contributed by atoms with E-state index < -0.39 is 11.2 Å². The van der Waals surface area contributed by atoms with E-state index in [1.165, 1.54) is 0 Å². The molecular weight excluding hydrogens is 984 g/mol. The van der Waals surface area contributed by atoms with Crippen LogP contribution in [-0.2, 0) is 11.2 Å². The van der Waals surface area contributed by atoms with Crippen molar-refractivity contribution in [1.82, 2.24) is 0 Å². The summed E-state index contributed by atoms with van der Waals surface area (Å²) in [6.07, 6.45) is 0. The van der Waals surface area contributed by atoms with E-state index in [4.69, 9.17) is 0 Å². The predicted octanol–water partition coefficient (Wildman–Crippen LogP) is 11.0. The van der Waals surface area contributed by atoms with Crippen LogP contribution in [0.4, 0.5) is 0 Å². The van der Waals surface area contributed by atoms with Crippen molar-refractivity contribution in [1.29, 1.82) is 0 Å². The second-order valence-corrected chi connectivity index (χ2v) is 15.0. The molecule has 4 rings (SSSR count). The summed E-state index contributed by atoms with van der Waals surface area (Å²) in [5.74, 6) is 0. The van der Waals surface area contributed by atoms with Crippen LogP contribution in [0.3, 0.4) is 0 Å². The molecule has 0 saturated carbocycles. The Morgan fingerprint density at radius 1 is 0.361 bits per heavy atom. The number of halogens is 8. The van der Waals surface area contributed by atoms with Crippen LogP contribution < -0.4 is 0 Å². The predicted molar refractivity (Wildman–Crippen MR) is 173 cm³/mol. The molecule has 186 valence electrons. The van der Waals surface area contributed by atoms with Crippen LogP contribution in [0.25, 0.3) is 0 Å². The third-order valence-electron chi connectivity index (χ3n) is 5.80. The minimum atomic E-state index is -2.02. The zero-order valence-corrected chi connectivity index (χ0v) is 30.5. The van der Waals surface area contributed by atoms with E-state index in [1.807, 2.05) is 48.5 Å². The van der Waals surface area contributed by atoms with Crippen LogP contribution in [0.1, 0.15) is 22.3 Å². The number of hydrogen-bond donors (Lipinski definition) is 2. The van der Waals surface area contributed by atoms with Gasteiger partial charge < -0.3 is 10.2 Å². The lowest BCUT2D eigenvalue weighted by Gasteiger charge is -2.47. The molecule has 36 heavy (non-hydrogen) atoms. The van der Waals surface area contributed by atoms with Crippen molar-refractivity contribution in [2.45, 2.75) is 11.2 Å². The van der Waals surface area contributed by atoms with Gasteiger partial charge >= 0.3 is 0 Å². The second-order valence-electron chi connectivity index (χ2n) is 7.92. The minimum absolute atomic E-state index is 0.455. The van der Waals surface area contributed by atoms with Gasteiger partial charge in [0.05, 0.1) is 0 Å². The molecule has 0 atom stereocenters. The molecule has 0 amide bonds. The van der Waals surface area contributed by atoms with Crippen LogP contribution in [-0.4, -0.2) is 10.2 Å². The summed E-state index contributed by atoms with van der Waals surface area (Å²) in [7, 11) is 0. The molecule has 10 heteroatoms. The summed E-state index contributed by atoms with van der Waals surface area (Å²) in [4.78, 5) is 0. The molecular formula is C26H14Br8O2. The Balaban J connectivity index is 2.29. The lowest BCUT2D eigenvalue weighted by molar-refractivity contribution is -0.114. The van der Waals surface area contributed by atoms with Crippen LogP contribution >= 0.6 is 127 Å². The molecule has 0 bridgehead atoms. The lowest BCUT2D eigenvalue weighted by atomic mass is 9.66. The smallest absolute Gasteiger partial charge is 0.154 e. The van der Waals surface area contributed by atoms with Gasteiger partial charge in [0.15, 0.2) is 11.2 Å². The molecule has 4 aromatic carbocycles. The molecule has 0 aliphatic rings. The van der Waals surface area contributed by atoms with Crippen molar-refractivity contribution < 1.29 is 10.2 Å². The Kier molecular flexibility index (Phi) is 9.57. The Hall–Kier alpha value is 0.640. The van der Waals surface area contributed by atoms with Crippen molar-refractivity contribution in [2.24, 2.45) is 0 Å². The Labute approximate surface area is 276 Å². The Morgan fingerprint density at radius 3 is 0.750 bits per heavy atom. The SMILES string of the molecule is OC(c1cc(Br)ccc1Br)(c1cc(Br)ccc1Br)C(O)(c1cc(Br)ccc1Br)c1cc(Br)ccc1Br. The molecule has 2 nitrogen and oxygen atoms in total. The van der Waals surface area contributed by atoms with Crippen molar-refractivity contribution in [2.75, 3.05) is 0 Å². The first-order valence-corrected chi connectivity index (χ1v) is 16.5. The van der Waals surface area contributed by atoms with Gasteiger partial charge in [-0.1, -0.05) is 127 Å². The maximum atomic E-state index is 13.2. The van der Waals surface area contributed by atoms with Gasteiger partial charge in [0.1, 0.15) is 0 Å². The maximum Gasteiger partial charge on any atom is 0.154 e. The molecule has 0 heterocycles. The van der Waals surface area contributed by atoms with E-state index in [0.717, 1.165) is 17.9 Å². The summed E-state index contributed by atoms with van der Waals surface area (Å²) >= 11 is 28.8. The molecule has 0 spiro atoms. The number of benzene rings is 4. The third kappa shape index (κ3) is 5.34. The van der Waals surface area contributed by atoms with E-state index in [1.54, 1.807) is 24.3 Å². The monoisotopic (exact) mass is 989 g/mol. The third-order valence-corrected chi connectivity index (χ3v) is 10.5. The van der Waals surface area contributed by atoms with Crippen LogP contribution in [0.2, 0.25) is 0 Å². The van der Waals surface area contributed by atoms with Gasteiger partial charge in [0.2, 0.25) is 0 Å². The fourth-order valence-electron chi connectivity index (χ4n) is 4.17. The highest BCUT2D eigenvalue weighted by Crippen LogP contribution is 2.56. The van der Waals surface area contributed by atoms with Crippen LogP contribution in [0, 0.1) is 0 Å². The van der Waals surface area contributed by atoms with Crippen molar-refractivity contribution in [3.05, 3.63) is 131 Å². The van der Waals surface area contributed by atoms with Crippen LogP contribution in [0.15, 0.2) is 109 Å². The standard InChI is InChI=1S/C26H14Br8O2/c27-13-1-5-21(31)17(9-13)25(35,18-10-14(28)2-6-22(18)32)26(36,19-11-15(29)3-7-23(19)33)20-12-16(30)4-8-24(20)34/h1-12,35-36H. The lowest BCUT2D eigenvalue weighted by Crippen LogP contribution is -2.52. The highest BCUT2D eigenvalue weighted by Gasteiger charge is 2.57. The van der Waals surface area contributed by atoms with Crippen molar-refractivity contribution >= 4 is 127 Å². The maximum absolute atomic E-state index is 13.2. The largest absolute Gasteiger partial charge is 0.376 e. The summed E-state index contributed by atoms with van der Waals surface area (Å²) in [5, 5.41) is 26.4. The molecule has 0 fully saturated rings. The number of rotatable bonds is 5. The average Bonchev–Trinajstić information content (AvgIpc) is 2.84. The Morgan fingerprint density at radius 2 is 0.556 bits per heavy atom. The number of hydrogen-bond acceptors (Lipinski definition) is 2. The van der Waals surface area contributed by atoms with E-state index >= 15 is 0 Å². The van der Waals surface area contributed by atoms with Crippen molar-refractivity contribution in [3.63, 3.8) is 0 Å². The molecule has 0 unspecified atom stereocenters. The Bertz CT molecular complexity index is 1260. The van der Waals surface area contributed by atoms with Gasteiger partial charge in [-0.3, -0.25) is 0 Å². The minimum Gasteiger partial charge on any atom is -0.376 e. The quantitative estimate of drug-likeness (QED) is 0.209. The first kappa shape index (κ1) is 29.6. The fourth-order valence-corrected chi connectivity index (χ4v) is 7.75. The second kappa shape index (κ2) is 11.6. The normalized spacial score (nSPS) is 12.2. The molecule has 0 aliphatic carbocycles. The first-order valence-electron chi connectivity index (χ1n) is 10.2. The molecule has 0 saturated heterocycles. The van der Waals surface area contributed by atoms with Gasteiger partial charge in [-0.15, -0.1) is 0 Å². The van der Waals surface area contributed by atoms with Gasteiger partial charge in [-0.25, -0.2) is 0 Å². The summed E-state index contributed by atoms with van der Waals surface area (Å²) in [6.45, 7) is 0. The highest BCUT2D eigenvalue weighted by atomic mass is 79.9. The van der Waals surface area contributed by atoms with E-state index in [0.29, 0.717) is 40.1 Å². The molecule has 2 N–H and O–H groups in total.